The normalized spacial score (nSPS) is 16.2. The largest absolute Gasteiger partial charge is 0.503 e. The van der Waals surface area contributed by atoms with E-state index in [4.69, 9.17) is 9.15 Å². The van der Waals surface area contributed by atoms with E-state index in [1.54, 1.807) is 18.2 Å². The van der Waals surface area contributed by atoms with Crippen molar-refractivity contribution in [2.45, 2.75) is 26.8 Å². The smallest absolute Gasteiger partial charge is 0.294 e. The Kier molecular flexibility index (Phi) is 5.86. The number of carbonyl (C=O) groups excluding carboxylic acids is 2. The highest BCUT2D eigenvalue weighted by molar-refractivity contribution is 6.20. The Morgan fingerprint density at radius 2 is 1.91 bits per heavy atom. The number of aliphatic hydroxyl groups excluding tert-OH is 1. The molecular weight excluding hydrogens is 406 g/mol. The van der Waals surface area contributed by atoms with Crippen molar-refractivity contribution < 1.29 is 23.8 Å². The van der Waals surface area contributed by atoms with Crippen LogP contribution in [0.1, 0.15) is 41.6 Å². The van der Waals surface area contributed by atoms with Gasteiger partial charge in [-0.1, -0.05) is 38.1 Å². The first-order valence-electron chi connectivity index (χ1n) is 10.5. The van der Waals surface area contributed by atoms with Crippen molar-refractivity contribution in [1.82, 2.24) is 0 Å². The summed E-state index contributed by atoms with van der Waals surface area (Å²) >= 11 is 0. The second kappa shape index (κ2) is 8.75. The molecule has 1 aliphatic heterocycles. The first-order valence-corrected chi connectivity index (χ1v) is 10.5. The molecule has 0 saturated heterocycles. The summed E-state index contributed by atoms with van der Waals surface area (Å²) in [4.78, 5) is 27.9. The van der Waals surface area contributed by atoms with Crippen molar-refractivity contribution in [3.63, 3.8) is 0 Å². The van der Waals surface area contributed by atoms with Crippen LogP contribution in [-0.2, 0) is 4.79 Å². The fourth-order valence-corrected chi connectivity index (χ4v) is 3.77. The van der Waals surface area contributed by atoms with Crippen LogP contribution in [0, 0.1) is 12.8 Å². The minimum Gasteiger partial charge on any atom is -0.503 e. The maximum absolute atomic E-state index is 13.3. The zero-order valence-electron chi connectivity index (χ0n) is 18.2. The van der Waals surface area contributed by atoms with Crippen molar-refractivity contribution in [3.05, 3.63) is 95.1 Å². The van der Waals surface area contributed by atoms with E-state index in [9.17, 15) is 14.7 Å². The van der Waals surface area contributed by atoms with Gasteiger partial charge >= 0.3 is 0 Å². The van der Waals surface area contributed by atoms with Crippen molar-refractivity contribution in [1.29, 1.82) is 0 Å². The molecule has 2 heterocycles. The number of ketones is 1. The quantitative estimate of drug-likeness (QED) is 0.506. The number of hydrogen-bond acceptors (Lipinski definition) is 5. The Balaban J connectivity index is 1.83. The van der Waals surface area contributed by atoms with Gasteiger partial charge in [-0.25, -0.2) is 0 Å². The summed E-state index contributed by atoms with van der Waals surface area (Å²) in [7, 11) is 0. The van der Waals surface area contributed by atoms with Gasteiger partial charge in [0.1, 0.15) is 5.75 Å². The van der Waals surface area contributed by atoms with Gasteiger partial charge in [-0.15, -0.1) is 0 Å². The van der Waals surface area contributed by atoms with E-state index >= 15 is 0 Å². The summed E-state index contributed by atoms with van der Waals surface area (Å²) in [5, 5.41) is 10.8. The minimum atomic E-state index is -0.829. The molecule has 1 unspecified atom stereocenters. The third kappa shape index (κ3) is 4.04. The molecule has 0 fully saturated rings. The number of aliphatic hydroxyl groups is 1. The molecule has 1 amide bonds. The summed E-state index contributed by atoms with van der Waals surface area (Å²) in [6, 6.07) is 16.9. The van der Waals surface area contributed by atoms with Gasteiger partial charge in [0.05, 0.1) is 24.5 Å². The maximum Gasteiger partial charge on any atom is 0.294 e. The number of amides is 1. The maximum atomic E-state index is 13.3. The number of benzene rings is 2. The molecule has 0 saturated carbocycles. The lowest BCUT2D eigenvalue weighted by Gasteiger charge is -2.27. The summed E-state index contributed by atoms with van der Waals surface area (Å²) < 4.78 is 11.1. The Morgan fingerprint density at radius 1 is 1.12 bits per heavy atom. The van der Waals surface area contributed by atoms with Crippen molar-refractivity contribution >= 4 is 17.4 Å². The Morgan fingerprint density at radius 3 is 2.59 bits per heavy atom. The Hall–Kier alpha value is -3.80. The molecule has 6 nitrogen and oxygen atoms in total. The predicted octanol–water partition coefficient (Wildman–Crippen LogP) is 5.41. The van der Waals surface area contributed by atoms with E-state index in [-0.39, 0.29) is 11.3 Å². The summed E-state index contributed by atoms with van der Waals surface area (Å²) in [6.45, 7) is 6.56. The topological polar surface area (TPSA) is 80.0 Å². The van der Waals surface area contributed by atoms with Gasteiger partial charge in [-0.05, 0) is 60.4 Å². The molecule has 0 aliphatic carbocycles. The van der Waals surface area contributed by atoms with Crippen molar-refractivity contribution in [3.8, 4) is 5.75 Å². The van der Waals surface area contributed by atoms with Crippen LogP contribution in [0.2, 0.25) is 0 Å². The molecule has 1 aromatic heterocycles. The fourth-order valence-electron chi connectivity index (χ4n) is 3.77. The number of anilines is 1. The van der Waals surface area contributed by atoms with Crippen LogP contribution < -0.4 is 9.64 Å². The second-order valence-corrected chi connectivity index (χ2v) is 8.26. The zero-order valence-corrected chi connectivity index (χ0v) is 18.2. The monoisotopic (exact) mass is 431 g/mol. The van der Waals surface area contributed by atoms with Gasteiger partial charge in [0.25, 0.3) is 5.91 Å². The van der Waals surface area contributed by atoms with E-state index in [0.717, 1.165) is 5.56 Å². The third-order valence-corrected chi connectivity index (χ3v) is 5.23. The van der Waals surface area contributed by atoms with Crippen LogP contribution in [0.3, 0.4) is 0 Å². The molecule has 1 atom stereocenters. The average molecular weight is 431 g/mol. The van der Waals surface area contributed by atoms with E-state index < -0.39 is 23.5 Å². The van der Waals surface area contributed by atoms with Crippen LogP contribution in [0.25, 0.3) is 0 Å². The molecule has 32 heavy (non-hydrogen) atoms. The zero-order chi connectivity index (χ0) is 22.8. The van der Waals surface area contributed by atoms with Crippen LogP contribution in [0.5, 0.6) is 5.75 Å². The highest BCUT2D eigenvalue weighted by Gasteiger charge is 2.45. The molecule has 1 N–H and O–H groups in total. The SMILES string of the molecule is Cc1cccc(N2C(=O)C(O)=C(C(=O)c3ccco3)C2c2cccc(OCC(C)C)c2)c1. The van der Waals surface area contributed by atoms with Gasteiger partial charge in [-0.2, -0.15) is 0 Å². The molecule has 164 valence electrons. The summed E-state index contributed by atoms with van der Waals surface area (Å²) in [5.74, 6) is -0.716. The van der Waals surface area contributed by atoms with Gasteiger partial charge in [0, 0.05) is 5.69 Å². The fraction of sp³-hybridized carbons (Fsp3) is 0.231. The lowest BCUT2D eigenvalue weighted by Crippen LogP contribution is -2.31. The first kappa shape index (κ1) is 21.4. The van der Waals surface area contributed by atoms with E-state index in [1.807, 2.05) is 43.3 Å². The molecule has 4 rings (SSSR count). The standard InChI is InChI=1S/C26H25NO5/c1-16(2)15-32-20-10-5-8-18(14-20)23-22(24(28)21-11-6-12-31-21)25(29)26(30)27(23)19-9-4-7-17(3)13-19/h4-14,16,23,29H,15H2,1-3H3. The highest BCUT2D eigenvalue weighted by Crippen LogP contribution is 2.42. The second-order valence-electron chi connectivity index (χ2n) is 8.26. The number of furan rings is 1. The van der Waals surface area contributed by atoms with Gasteiger partial charge in [-0.3, -0.25) is 14.5 Å². The molecule has 6 heteroatoms. The lowest BCUT2D eigenvalue weighted by atomic mass is 9.94. The van der Waals surface area contributed by atoms with Gasteiger partial charge in [0.15, 0.2) is 11.5 Å². The average Bonchev–Trinajstić information content (AvgIpc) is 3.40. The summed E-state index contributed by atoms with van der Waals surface area (Å²) in [6.07, 6.45) is 1.38. The highest BCUT2D eigenvalue weighted by atomic mass is 16.5. The van der Waals surface area contributed by atoms with Gasteiger partial charge < -0.3 is 14.3 Å². The molecule has 1 aliphatic rings. The molecular formula is C26H25NO5. The Bertz CT molecular complexity index is 1180. The number of nitrogens with zero attached hydrogens (tertiary/aromatic N) is 1. The number of hydrogen-bond donors (Lipinski definition) is 1. The van der Waals surface area contributed by atoms with Crippen LogP contribution in [0.4, 0.5) is 5.69 Å². The Labute approximate surface area is 186 Å². The van der Waals surface area contributed by atoms with Crippen LogP contribution >= 0.6 is 0 Å². The predicted molar refractivity (Wildman–Crippen MR) is 121 cm³/mol. The molecule has 0 radical (unpaired) electrons. The number of aryl methyl sites for hydroxylation is 1. The third-order valence-electron chi connectivity index (χ3n) is 5.23. The molecule has 0 spiro atoms. The summed E-state index contributed by atoms with van der Waals surface area (Å²) in [5.41, 5.74) is 2.17. The van der Waals surface area contributed by atoms with Gasteiger partial charge in [0.2, 0.25) is 5.78 Å². The number of Topliss-reactive ketones (excluding diaryl/α,β-unsaturated/α-hetero) is 1. The molecule has 0 bridgehead atoms. The number of rotatable bonds is 7. The molecule has 3 aromatic rings. The van der Waals surface area contributed by atoms with E-state index in [0.29, 0.717) is 29.5 Å². The van der Waals surface area contributed by atoms with Crippen LogP contribution in [0.15, 0.2) is 82.7 Å². The van der Waals surface area contributed by atoms with Crippen molar-refractivity contribution in [2.24, 2.45) is 5.92 Å². The lowest BCUT2D eigenvalue weighted by molar-refractivity contribution is -0.117. The van der Waals surface area contributed by atoms with Crippen LogP contribution in [-0.4, -0.2) is 23.4 Å². The van der Waals surface area contributed by atoms with E-state index in [2.05, 4.69) is 13.8 Å². The molecule has 2 aromatic carbocycles. The minimum absolute atomic E-state index is 0.0209. The number of carbonyl (C=O) groups is 2. The van der Waals surface area contributed by atoms with Crippen molar-refractivity contribution in [2.75, 3.05) is 11.5 Å². The number of ether oxygens (including phenoxy) is 1. The van der Waals surface area contributed by atoms with E-state index in [1.165, 1.54) is 17.2 Å². The first-order chi connectivity index (χ1) is 15.4.